The molecule has 0 aromatic heterocycles. The molecule has 0 aliphatic carbocycles. The second-order valence-corrected chi connectivity index (χ2v) is 7.86. The molecule has 1 amide bonds. The highest BCUT2D eigenvalue weighted by molar-refractivity contribution is 6.10. The molecule has 0 unspecified atom stereocenters. The standard InChI is InChI=1S/C23H20F3N5O3/c24-23(25,26)16-6-4-5-15(11-16)19-13-28-21(14-27-19)29-22(32)18-12-17(7-8-20(18)31(33)34)30-9-2-1-3-10-30/h5,7-8,11-13,27H,1-3,9-10,14H2,(H,28,29,32). The number of benzene rings is 1. The Morgan fingerprint density at radius 1 is 1.21 bits per heavy atom. The first-order valence-corrected chi connectivity index (χ1v) is 10.6. The van der Waals surface area contributed by atoms with E-state index in [0.29, 0.717) is 5.70 Å². The third kappa shape index (κ3) is 5.11. The smallest absolute Gasteiger partial charge is 0.376 e. The van der Waals surface area contributed by atoms with Gasteiger partial charge in [-0.05, 0) is 43.5 Å². The fourth-order valence-electron chi connectivity index (χ4n) is 3.81. The van der Waals surface area contributed by atoms with Crippen LogP contribution < -0.4 is 15.5 Å². The first-order valence-electron chi connectivity index (χ1n) is 10.6. The summed E-state index contributed by atoms with van der Waals surface area (Å²) < 4.78 is 38.8. The Morgan fingerprint density at radius 3 is 2.62 bits per heavy atom. The van der Waals surface area contributed by atoms with Crippen molar-refractivity contribution in [2.45, 2.75) is 25.4 Å². The molecule has 11 heteroatoms. The number of aliphatic imine (C=N–C) groups is 1. The van der Waals surface area contributed by atoms with Crippen LogP contribution in [0, 0.1) is 22.2 Å². The Labute approximate surface area is 193 Å². The Balaban J connectivity index is 1.53. The van der Waals surface area contributed by atoms with Gasteiger partial charge in [-0.25, -0.2) is 4.99 Å². The molecule has 0 bridgehead atoms. The van der Waals surface area contributed by atoms with E-state index in [0.717, 1.165) is 44.1 Å². The van der Waals surface area contributed by atoms with Gasteiger partial charge in [0.25, 0.3) is 11.6 Å². The van der Waals surface area contributed by atoms with Crippen molar-refractivity contribution in [3.63, 3.8) is 0 Å². The monoisotopic (exact) mass is 471 g/mol. The largest absolute Gasteiger partial charge is 0.424 e. The summed E-state index contributed by atoms with van der Waals surface area (Å²) in [5.41, 5.74) is -0.115. The molecule has 1 saturated heterocycles. The van der Waals surface area contributed by atoms with Gasteiger partial charge in [0.05, 0.1) is 23.4 Å². The molecule has 2 N–H and O–H groups in total. The molecule has 34 heavy (non-hydrogen) atoms. The van der Waals surface area contributed by atoms with Crippen molar-refractivity contribution >= 4 is 28.8 Å². The van der Waals surface area contributed by atoms with Crippen LogP contribution in [0.2, 0.25) is 0 Å². The molecule has 1 fully saturated rings. The Kier molecular flexibility index (Phi) is 6.40. The van der Waals surface area contributed by atoms with Crippen molar-refractivity contribution in [3.8, 4) is 0 Å². The predicted octanol–water partition coefficient (Wildman–Crippen LogP) is 3.93. The summed E-state index contributed by atoms with van der Waals surface area (Å²) in [7, 11) is 0. The van der Waals surface area contributed by atoms with Gasteiger partial charge in [-0.3, -0.25) is 14.9 Å². The van der Waals surface area contributed by atoms with Gasteiger partial charge in [-0.1, -0.05) is 12.1 Å². The number of hydrogen-bond acceptors (Lipinski definition) is 6. The van der Waals surface area contributed by atoms with Crippen LogP contribution in [0.25, 0.3) is 5.70 Å². The predicted molar refractivity (Wildman–Crippen MR) is 119 cm³/mol. The van der Waals surface area contributed by atoms with E-state index in [1.54, 1.807) is 6.07 Å². The molecule has 2 aromatic carbocycles. The quantitative estimate of drug-likeness (QED) is 0.520. The third-order valence-electron chi connectivity index (χ3n) is 5.55. The number of carbonyl (C=O) groups excluding carboxylic acids is 1. The number of carbonyl (C=O) groups is 1. The van der Waals surface area contributed by atoms with Crippen LogP contribution >= 0.6 is 0 Å². The fraction of sp³-hybridized carbons (Fsp3) is 0.304. The van der Waals surface area contributed by atoms with Crippen molar-refractivity contribution in [2.75, 3.05) is 24.5 Å². The zero-order valence-corrected chi connectivity index (χ0v) is 17.9. The summed E-state index contributed by atoms with van der Waals surface area (Å²) in [5.74, 6) is -0.515. The SMILES string of the molecule is O=C(NC1=NC=C(c2cc#cc(C(F)(F)F)c2)NC1)c1cc(N2CCCCC2)ccc1[N+](=O)[O-]. The summed E-state index contributed by atoms with van der Waals surface area (Å²) in [5, 5.41) is 16.9. The van der Waals surface area contributed by atoms with Crippen LogP contribution in [-0.2, 0) is 6.18 Å². The number of nitro benzene ring substituents is 1. The number of hydrogen-bond donors (Lipinski definition) is 2. The number of rotatable bonds is 4. The average Bonchev–Trinajstić information content (AvgIpc) is 2.84. The second kappa shape index (κ2) is 9.43. The van der Waals surface area contributed by atoms with Gasteiger partial charge in [0.1, 0.15) is 17.0 Å². The number of nitrogens with one attached hydrogen (secondary N) is 2. The first-order chi connectivity index (χ1) is 16.2. The van der Waals surface area contributed by atoms with Gasteiger partial charge in [0.15, 0.2) is 0 Å². The van der Waals surface area contributed by atoms with Gasteiger partial charge in [0, 0.05) is 30.4 Å². The van der Waals surface area contributed by atoms with Crippen molar-refractivity contribution in [3.05, 3.63) is 75.5 Å². The molecular formula is C23H20F3N5O3. The lowest BCUT2D eigenvalue weighted by Gasteiger charge is -2.29. The maximum absolute atomic E-state index is 12.9. The summed E-state index contributed by atoms with van der Waals surface area (Å²) >= 11 is 0. The molecule has 2 aromatic rings. The summed E-state index contributed by atoms with van der Waals surface area (Å²) in [6.07, 6.45) is -0.132. The Bertz CT molecular complexity index is 1170. The molecule has 0 radical (unpaired) electrons. The first kappa shape index (κ1) is 23.1. The minimum Gasteiger partial charge on any atom is -0.376 e. The summed E-state index contributed by atoms with van der Waals surface area (Å²) in [6.45, 7) is 1.64. The summed E-state index contributed by atoms with van der Waals surface area (Å²) in [6, 6.07) is 11.1. The highest BCUT2D eigenvalue weighted by atomic mass is 19.4. The zero-order valence-electron chi connectivity index (χ0n) is 17.9. The highest BCUT2D eigenvalue weighted by Gasteiger charge is 2.31. The van der Waals surface area contributed by atoms with E-state index in [4.69, 9.17) is 0 Å². The van der Waals surface area contributed by atoms with E-state index >= 15 is 0 Å². The molecule has 2 aliphatic heterocycles. The maximum Gasteiger partial charge on any atom is 0.424 e. The lowest BCUT2D eigenvalue weighted by atomic mass is 10.1. The van der Waals surface area contributed by atoms with Gasteiger partial charge in [-0.15, -0.1) is 0 Å². The Hall–Kier alpha value is -4.07. The molecule has 4 rings (SSSR count). The van der Waals surface area contributed by atoms with E-state index in [2.05, 4.69) is 26.6 Å². The molecular weight excluding hydrogens is 451 g/mol. The summed E-state index contributed by atoms with van der Waals surface area (Å²) in [4.78, 5) is 29.9. The number of nitrogens with zero attached hydrogens (tertiary/aromatic N) is 3. The number of nitro groups is 1. The van der Waals surface area contributed by atoms with Crippen molar-refractivity contribution in [2.24, 2.45) is 4.99 Å². The number of anilines is 1. The van der Waals surface area contributed by atoms with Gasteiger partial charge >= 0.3 is 6.18 Å². The minimum absolute atomic E-state index is 0.0111. The van der Waals surface area contributed by atoms with Crippen LogP contribution in [0.15, 0.2) is 41.5 Å². The zero-order chi connectivity index (χ0) is 24.3. The van der Waals surface area contributed by atoms with Crippen LogP contribution in [0.4, 0.5) is 24.5 Å². The van der Waals surface area contributed by atoms with Crippen molar-refractivity contribution in [1.82, 2.24) is 10.6 Å². The number of halogens is 3. The molecule has 8 nitrogen and oxygen atoms in total. The molecule has 2 aliphatic rings. The number of amides is 1. The lowest BCUT2D eigenvalue weighted by Crippen LogP contribution is -2.39. The van der Waals surface area contributed by atoms with E-state index in [-0.39, 0.29) is 29.2 Å². The average molecular weight is 471 g/mol. The maximum atomic E-state index is 12.9. The van der Waals surface area contributed by atoms with Crippen LogP contribution in [-0.4, -0.2) is 36.3 Å². The molecule has 176 valence electrons. The Morgan fingerprint density at radius 2 is 1.97 bits per heavy atom. The van der Waals surface area contributed by atoms with Gasteiger partial charge in [0.2, 0.25) is 0 Å². The van der Waals surface area contributed by atoms with E-state index in [9.17, 15) is 28.1 Å². The molecule has 0 spiro atoms. The molecule has 0 atom stereocenters. The van der Waals surface area contributed by atoms with E-state index in [1.165, 1.54) is 24.4 Å². The third-order valence-corrected chi connectivity index (χ3v) is 5.55. The number of alkyl halides is 3. The minimum atomic E-state index is -4.55. The van der Waals surface area contributed by atoms with Crippen molar-refractivity contribution < 1.29 is 22.9 Å². The van der Waals surface area contributed by atoms with Crippen LogP contribution in [0.5, 0.6) is 0 Å². The molecule has 2 heterocycles. The number of amidine groups is 1. The van der Waals surface area contributed by atoms with Gasteiger partial charge < -0.3 is 15.5 Å². The van der Waals surface area contributed by atoms with Crippen molar-refractivity contribution in [1.29, 1.82) is 0 Å². The van der Waals surface area contributed by atoms with E-state index in [1.807, 2.05) is 6.07 Å². The van der Waals surface area contributed by atoms with Crippen LogP contribution in [0.1, 0.15) is 40.7 Å². The normalized spacial score (nSPS) is 16.0. The van der Waals surface area contributed by atoms with Crippen LogP contribution in [0.3, 0.4) is 0 Å². The molecule has 0 saturated carbocycles. The fourth-order valence-corrected chi connectivity index (χ4v) is 3.81. The second-order valence-electron chi connectivity index (χ2n) is 7.86. The van der Waals surface area contributed by atoms with Gasteiger partial charge in [-0.2, -0.15) is 13.2 Å². The van der Waals surface area contributed by atoms with E-state index < -0.39 is 22.6 Å². The lowest BCUT2D eigenvalue weighted by molar-refractivity contribution is -0.385. The highest BCUT2D eigenvalue weighted by Crippen LogP contribution is 2.30. The number of piperidine rings is 1. The topological polar surface area (TPSA) is 99.9 Å².